The predicted octanol–water partition coefficient (Wildman–Crippen LogP) is 2.35. The first-order valence-electron chi connectivity index (χ1n) is 4.55. The molecule has 1 rings (SSSR count). The molecule has 86 valence electrons. The lowest BCUT2D eigenvalue weighted by Crippen LogP contribution is -2.13. The highest BCUT2D eigenvalue weighted by molar-refractivity contribution is 6.82. The van der Waals surface area contributed by atoms with Crippen LogP contribution in [0, 0.1) is 5.82 Å². The number of hydrazone groups is 1. The molecule has 0 heterocycles. The number of anilines is 1. The summed E-state index contributed by atoms with van der Waals surface area (Å²) >= 11 is 5.52. The molecule has 0 aliphatic heterocycles. The molecule has 1 aromatic rings. The van der Waals surface area contributed by atoms with E-state index in [-0.39, 0.29) is 11.8 Å². The Bertz CT molecular complexity index is 410. The highest BCUT2D eigenvalue weighted by Gasteiger charge is 2.08. The number of esters is 1. The summed E-state index contributed by atoms with van der Waals surface area (Å²) in [6.07, 6.45) is 0. The van der Waals surface area contributed by atoms with E-state index in [1.165, 1.54) is 18.2 Å². The van der Waals surface area contributed by atoms with Gasteiger partial charge in [-0.2, -0.15) is 5.10 Å². The van der Waals surface area contributed by atoms with E-state index < -0.39 is 11.8 Å². The van der Waals surface area contributed by atoms with Crippen LogP contribution >= 0.6 is 11.6 Å². The molecule has 0 spiro atoms. The van der Waals surface area contributed by atoms with Gasteiger partial charge >= 0.3 is 5.97 Å². The first-order valence-corrected chi connectivity index (χ1v) is 4.93. The van der Waals surface area contributed by atoms with Gasteiger partial charge in [0.15, 0.2) is 0 Å². The largest absolute Gasteiger partial charge is 0.461 e. The van der Waals surface area contributed by atoms with Crippen LogP contribution in [0.5, 0.6) is 0 Å². The SMILES string of the molecule is CCOC(=O)/C(Cl)=N\Nc1cccc(F)c1. The minimum Gasteiger partial charge on any atom is -0.461 e. The van der Waals surface area contributed by atoms with E-state index in [0.29, 0.717) is 5.69 Å². The number of carbonyl (C=O) groups excluding carboxylic acids is 1. The van der Waals surface area contributed by atoms with Crippen LogP contribution in [0.2, 0.25) is 0 Å². The molecule has 0 fully saturated rings. The second-order valence-corrected chi connectivity index (χ2v) is 3.10. The third-order valence-electron chi connectivity index (χ3n) is 1.55. The second-order valence-electron chi connectivity index (χ2n) is 2.75. The van der Waals surface area contributed by atoms with Gasteiger partial charge in [0.25, 0.3) is 0 Å². The average Bonchev–Trinajstić information content (AvgIpc) is 2.26. The van der Waals surface area contributed by atoms with Crippen LogP contribution in [0.1, 0.15) is 6.92 Å². The van der Waals surface area contributed by atoms with E-state index in [2.05, 4.69) is 15.3 Å². The fraction of sp³-hybridized carbons (Fsp3) is 0.200. The molecule has 6 heteroatoms. The van der Waals surface area contributed by atoms with Gasteiger partial charge in [0.2, 0.25) is 5.17 Å². The van der Waals surface area contributed by atoms with Crippen molar-refractivity contribution >= 4 is 28.4 Å². The Balaban J connectivity index is 2.62. The molecule has 0 radical (unpaired) electrons. The topological polar surface area (TPSA) is 50.7 Å². The van der Waals surface area contributed by atoms with Crippen LogP contribution in [0.4, 0.5) is 10.1 Å². The number of hydrogen-bond donors (Lipinski definition) is 1. The minimum absolute atomic E-state index is 0.213. The van der Waals surface area contributed by atoms with Crippen molar-refractivity contribution in [2.75, 3.05) is 12.0 Å². The molecule has 0 saturated heterocycles. The number of rotatable bonds is 4. The molecule has 0 atom stereocenters. The summed E-state index contributed by atoms with van der Waals surface area (Å²) in [5.41, 5.74) is 2.83. The Kier molecular flexibility index (Phi) is 4.72. The summed E-state index contributed by atoms with van der Waals surface area (Å²) in [5.74, 6) is -1.14. The quantitative estimate of drug-likeness (QED) is 0.503. The molecule has 0 bridgehead atoms. The van der Waals surface area contributed by atoms with Crippen LogP contribution in [0.15, 0.2) is 29.4 Å². The van der Waals surface area contributed by atoms with Crippen molar-refractivity contribution in [3.8, 4) is 0 Å². The molecular formula is C10H10ClFN2O2. The van der Waals surface area contributed by atoms with Crippen molar-refractivity contribution in [2.45, 2.75) is 6.92 Å². The van der Waals surface area contributed by atoms with E-state index in [1.54, 1.807) is 13.0 Å². The van der Waals surface area contributed by atoms with E-state index in [0.717, 1.165) is 0 Å². The van der Waals surface area contributed by atoms with Gasteiger partial charge in [0.05, 0.1) is 12.3 Å². The van der Waals surface area contributed by atoms with E-state index in [1.807, 2.05) is 0 Å². The molecular weight excluding hydrogens is 235 g/mol. The number of ether oxygens (including phenoxy) is 1. The number of benzene rings is 1. The molecule has 0 aliphatic rings. The summed E-state index contributed by atoms with van der Waals surface area (Å²) in [5, 5.41) is 3.20. The maximum absolute atomic E-state index is 12.8. The first-order chi connectivity index (χ1) is 7.63. The lowest BCUT2D eigenvalue weighted by atomic mass is 10.3. The minimum atomic E-state index is -0.729. The van der Waals surface area contributed by atoms with Crippen molar-refractivity contribution in [1.82, 2.24) is 0 Å². The Labute approximate surface area is 97.1 Å². The van der Waals surface area contributed by atoms with Crippen LogP contribution in [-0.4, -0.2) is 17.7 Å². The molecule has 0 amide bonds. The van der Waals surface area contributed by atoms with Gasteiger partial charge in [-0.05, 0) is 25.1 Å². The zero-order valence-electron chi connectivity index (χ0n) is 8.54. The fourth-order valence-electron chi connectivity index (χ4n) is 0.908. The Hall–Kier alpha value is -1.62. The molecule has 0 aromatic heterocycles. The standard InChI is InChI=1S/C10H10ClFN2O2/c1-2-16-10(15)9(11)14-13-8-5-3-4-7(12)6-8/h3-6,13H,2H2,1H3/b14-9+. The van der Waals surface area contributed by atoms with E-state index >= 15 is 0 Å². The number of carbonyl (C=O) groups is 1. The summed E-state index contributed by atoms with van der Waals surface area (Å²) in [7, 11) is 0. The summed E-state index contributed by atoms with van der Waals surface area (Å²) in [6, 6.07) is 5.61. The first kappa shape index (κ1) is 12.4. The van der Waals surface area contributed by atoms with Gasteiger partial charge in [-0.15, -0.1) is 0 Å². The Morgan fingerprint density at radius 2 is 2.38 bits per heavy atom. The third kappa shape index (κ3) is 3.86. The third-order valence-corrected chi connectivity index (χ3v) is 1.79. The lowest BCUT2D eigenvalue weighted by Gasteiger charge is -2.01. The van der Waals surface area contributed by atoms with Gasteiger partial charge in [-0.25, -0.2) is 9.18 Å². The summed E-state index contributed by atoms with van der Waals surface area (Å²) in [6.45, 7) is 1.87. The molecule has 0 aliphatic carbocycles. The zero-order valence-corrected chi connectivity index (χ0v) is 9.29. The monoisotopic (exact) mass is 244 g/mol. The van der Waals surface area contributed by atoms with Crippen molar-refractivity contribution in [3.63, 3.8) is 0 Å². The predicted molar refractivity (Wildman–Crippen MR) is 59.9 cm³/mol. The van der Waals surface area contributed by atoms with Crippen molar-refractivity contribution in [1.29, 1.82) is 0 Å². The van der Waals surface area contributed by atoms with Crippen LogP contribution < -0.4 is 5.43 Å². The van der Waals surface area contributed by atoms with E-state index in [9.17, 15) is 9.18 Å². The maximum atomic E-state index is 12.8. The maximum Gasteiger partial charge on any atom is 0.370 e. The average molecular weight is 245 g/mol. The second kappa shape index (κ2) is 6.07. The normalized spacial score (nSPS) is 11.1. The van der Waals surface area contributed by atoms with Gasteiger partial charge < -0.3 is 4.74 Å². The molecule has 0 saturated carbocycles. The van der Waals surface area contributed by atoms with Gasteiger partial charge in [0, 0.05) is 0 Å². The van der Waals surface area contributed by atoms with Crippen LogP contribution in [0.25, 0.3) is 0 Å². The van der Waals surface area contributed by atoms with Gasteiger partial charge in [-0.3, -0.25) is 5.43 Å². The smallest absolute Gasteiger partial charge is 0.370 e. The fourth-order valence-corrected chi connectivity index (χ4v) is 1.00. The van der Waals surface area contributed by atoms with Crippen molar-refractivity contribution in [2.24, 2.45) is 5.10 Å². The Morgan fingerprint density at radius 1 is 1.62 bits per heavy atom. The number of halogens is 2. The van der Waals surface area contributed by atoms with Gasteiger partial charge in [0.1, 0.15) is 5.82 Å². The number of nitrogens with one attached hydrogen (secondary N) is 1. The van der Waals surface area contributed by atoms with Crippen molar-refractivity contribution in [3.05, 3.63) is 30.1 Å². The van der Waals surface area contributed by atoms with Crippen LogP contribution in [0.3, 0.4) is 0 Å². The van der Waals surface area contributed by atoms with Gasteiger partial charge in [-0.1, -0.05) is 17.7 Å². The zero-order chi connectivity index (χ0) is 12.0. The molecule has 1 aromatic carbocycles. The molecule has 4 nitrogen and oxygen atoms in total. The molecule has 1 N–H and O–H groups in total. The summed E-state index contributed by atoms with van der Waals surface area (Å²) in [4.78, 5) is 11.0. The highest BCUT2D eigenvalue weighted by Crippen LogP contribution is 2.09. The number of nitrogens with zero attached hydrogens (tertiary/aromatic N) is 1. The number of hydrogen-bond acceptors (Lipinski definition) is 4. The van der Waals surface area contributed by atoms with Crippen molar-refractivity contribution < 1.29 is 13.9 Å². The highest BCUT2D eigenvalue weighted by atomic mass is 35.5. The summed E-state index contributed by atoms with van der Waals surface area (Å²) < 4.78 is 17.4. The lowest BCUT2D eigenvalue weighted by molar-refractivity contribution is -0.134. The Morgan fingerprint density at radius 3 is 3.00 bits per heavy atom. The van der Waals surface area contributed by atoms with E-state index in [4.69, 9.17) is 11.6 Å². The van der Waals surface area contributed by atoms with Crippen LogP contribution in [-0.2, 0) is 9.53 Å². The molecule has 0 unspecified atom stereocenters. The molecule has 16 heavy (non-hydrogen) atoms.